The molecule has 0 radical (unpaired) electrons. The van der Waals surface area contributed by atoms with E-state index in [0.29, 0.717) is 0 Å². The molecule has 0 saturated carbocycles. The summed E-state index contributed by atoms with van der Waals surface area (Å²) in [6.07, 6.45) is 6.64. The quantitative estimate of drug-likeness (QED) is 0.603. The van der Waals surface area contributed by atoms with Crippen LogP contribution in [0, 0.1) is 0 Å². The van der Waals surface area contributed by atoms with Gasteiger partial charge >= 0.3 is 7.25 Å². The van der Waals surface area contributed by atoms with E-state index in [0.717, 1.165) is 19.8 Å². The minimum Gasteiger partial charge on any atom is -0.418 e. The van der Waals surface area contributed by atoms with E-state index in [9.17, 15) is 17.3 Å². The fourth-order valence-corrected chi connectivity index (χ4v) is 1.30. The van der Waals surface area contributed by atoms with Crippen molar-refractivity contribution in [3.8, 4) is 0 Å². The first-order chi connectivity index (χ1) is 7.86. The molecule has 0 atom stereocenters. The van der Waals surface area contributed by atoms with Crippen molar-refractivity contribution in [1.29, 1.82) is 0 Å². The molecule has 0 unspecified atom stereocenters. The van der Waals surface area contributed by atoms with Crippen molar-refractivity contribution in [2.24, 2.45) is 0 Å². The number of rotatable bonds is 5. The average Bonchev–Trinajstić information content (AvgIpc) is 2.61. The maximum atomic E-state index is 9.75. The summed E-state index contributed by atoms with van der Waals surface area (Å²) in [4.78, 5) is 4.40. The second-order valence-corrected chi connectivity index (χ2v) is 3.64. The SMILES string of the molecule is CCCCN1C=CN(CCO)C1.F[B-](F)(F)F. The molecular formula is C9H18BF4N2O-. The van der Waals surface area contributed by atoms with E-state index in [2.05, 4.69) is 22.9 Å². The van der Waals surface area contributed by atoms with Gasteiger partial charge in [-0.2, -0.15) is 0 Å². The highest BCUT2D eigenvalue weighted by Gasteiger charge is 2.20. The van der Waals surface area contributed by atoms with Crippen LogP contribution >= 0.6 is 0 Å². The molecule has 1 heterocycles. The van der Waals surface area contributed by atoms with Gasteiger partial charge in [0.25, 0.3) is 0 Å². The van der Waals surface area contributed by atoms with Crippen LogP contribution in [0.4, 0.5) is 17.3 Å². The summed E-state index contributed by atoms with van der Waals surface area (Å²) in [5, 5.41) is 8.69. The van der Waals surface area contributed by atoms with Crippen molar-refractivity contribution >= 4 is 7.25 Å². The molecule has 0 fully saturated rings. The van der Waals surface area contributed by atoms with E-state index < -0.39 is 7.25 Å². The maximum absolute atomic E-state index is 9.75. The van der Waals surface area contributed by atoms with Crippen LogP contribution in [0.2, 0.25) is 0 Å². The molecule has 0 saturated heterocycles. The third kappa shape index (κ3) is 11.4. The summed E-state index contributed by atoms with van der Waals surface area (Å²) in [6, 6.07) is 0. The molecule has 1 aliphatic heterocycles. The average molecular weight is 257 g/mol. The molecule has 1 N–H and O–H groups in total. The lowest BCUT2D eigenvalue weighted by Crippen LogP contribution is -2.27. The minimum atomic E-state index is -6.00. The summed E-state index contributed by atoms with van der Waals surface area (Å²) in [6.45, 7) is 5.27. The summed E-state index contributed by atoms with van der Waals surface area (Å²) in [7, 11) is -6.00. The summed E-state index contributed by atoms with van der Waals surface area (Å²) in [5.74, 6) is 0. The van der Waals surface area contributed by atoms with Gasteiger partial charge in [-0.15, -0.1) is 0 Å². The number of nitrogens with zero attached hydrogens (tertiary/aromatic N) is 2. The zero-order valence-electron chi connectivity index (χ0n) is 9.83. The number of aliphatic hydroxyl groups is 1. The van der Waals surface area contributed by atoms with Crippen LogP contribution in [0.5, 0.6) is 0 Å². The number of β-amino-alcohol motifs (C(OH)–C–C–N with tert-alkyl or cyclic N) is 1. The van der Waals surface area contributed by atoms with Gasteiger partial charge in [-0.25, -0.2) is 0 Å². The van der Waals surface area contributed by atoms with E-state index in [1.807, 2.05) is 6.20 Å². The van der Waals surface area contributed by atoms with Crippen LogP contribution in [0.1, 0.15) is 19.8 Å². The lowest BCUT2D eigenvalue weighted by Gasteiger charge is -2.19. The Morgan fingerprint density at radius 1 is 1.12 bits per heavy atom. The zero-order valence-corrected chi connectivity index (χ0v) is 9.83. The Morgan fingerprint density at radius 3 is 2.00 bits per heavy atom. The molecule has 0 amide bonds. The number of halogens is 4. The van der Waals surface area contributed by atoms with Gasteiger partial charge in [-0.05, 0) is 6.42 Å². The van der Waals surface area contributed by atoms with Gasteiger partial charge in [0.1, 0.15) is 0 Å². The number of hydrogen-bond donors (Lipinski definition) is 1. The van der Waals surface area contributed by atoms with Crippen LogP contribution in [0.25, 0.3) is 0 Å². The highest BCUT2D eigenvalue weighted by Crippen LogP contribution is 2.07. The van der Waals surface area contributed by atoms with E-state index >= 15 is 0 Å². The highest BCUT2D eigenvalue weighted by atomic mass is 19.5. The fraction of sp³-hybridized carbons (Fsp3) is 0.778. The Bertz CT molecular complexity index is 220. The second-order valence-electron chi connectivity index (χ2n) is 3.64. The summed E-state index contributed by atoms with van der Waals surface area (Å²) in [5.41, 5.74) is 0. The third-order valence-electron chi connectivity index (χ3n) is 2.04. The van der Waals surface area contributed by atoms with Gasteiger partial charge in [0.2, 0.25) is 0 Å². The van der Waals surface area contributed by atoms with Gasteiger partial charge in [-0.1, -0.05) is 13.3 Å². The Labute approximate surface area is 98.8 Å². The zero-order chi connectivity index (χ0) is 13.3. The molecule has 3 nitrogen and oxygen atoms in total. The maximum Gasteiger partial charge on any atom is 0.673 e. The highest BCUT2D eigenvalue weighted by molar-refractivity contribution is 6.50. The van der Waals surface area contributed by atoms with Crippen molar-refractivity contribution < 1.29 is 22.4 Å². The first-order valence-electron chi connectivity index (χ1n) is 5.51. The monoisotopic (exact) mass is 257 g/mol. The van der Waals surface area contributed by atoms with E-state index in [4.69, 9.17) is 5.11 Å². The number of unbranched alkanes of at least 4 members (excludes halogenated alkanes) is 1. The predicted octanol–water partition coefficient (Wildman–Crippen LogP) is 2.13. The molecule has 0 aromatic carbocycles. The van der Waals surface area contributed by atoms with Crippen molar-refractivity contribution in [3.05, 3.63) is 12.4 Å². The first kappa shape index (κ1) is 16.1. The Hall–Kier alpha value is -0.915. The smallest absolute Gasteiger partial charge is 0.418 e. The standard InChI is InChI=1S/C9H18N2O.BF4/c1-2-3-4-10-5-6-11(9-10)7-8-12;2-1(3,4)5/h5-6,12H,2-4,7-9H2,1H3;/q;-1. The van der Waals surface area contributed by atoms with Gasteiger partial charge in [0, 0.05) is 25.5 Å². The number of hydrogen-bond acceptors (Lipinski definition) is 3. The Morgan fingerprint density at radius 2 is 1.59 bits per heavy atom. The molecular weight excluding hydrogens is 239 g/mol. The fourth-order valence-electron chi connectivity index (χ4n) is 1.30. The van der Waals surface area contributed by atoms with Crippen LogP contribution in [0.3, 0.4) is 0 Å². The molecule has 0 spiro atoms. The van der Waals surface area contributed by atoms with Crippen LogP contribution in [-0.4, -0.2) is 48.5 Å². The third-order valence-corrected chi connectivity index (χ3v) is 2.04. The van der Waals surface area contributed by atoms with Gasteiger partial charge in [-0.3, -0.25) is 0 Å². The van der Waals surface area contributed by atoms with Crippen LogP contribution in [0.15, 0.2) is 12.4 Å². The molecule has 0 aromatic heterocycles. The van der Waals surface area contributed by atoms with Gasteiger partial charge in [0.05, 0.1) is 13.3 Å². The summed E-state index contributed by atoms with van der Waals surface area (Å²) < 4.78 is 39.0. The van der Waals surface area contributed by atoms with E-state index in [1.54, 1.807) is 0 Å². The van der Waals surface area contributed by atoms with Crippen LogP contribution in [-0.2, 0) is 0 Å². The first-order valence-corrected chi connectivity index (χ1v) is 5.51. The van der Waals surface area contributed by atoms with Crippen molar-refractivity contribution in [2.75, 3.05) is 26.4 Å². The Kier molecular flexibility index (Phi) is 7.77. The number of aliphatic hydroxyl groups excluding tert-OH is 1. The lowest BCUT2D eigenvalue weighted by atomic mass is 10.3. The largest absolute Gasteiger partial charge is 0.673 e. The molecule has 0 bridgehead atoms. The predicted molar refractivity (Wildman–Crippen MR) is 59.6 cm³/mol. The van der Waals surface area contributed by atoms with Crippen molar-refractivity contribution in [2.45, 2.75) is 19.8 Å². The second kappa shape index (κ2) is 8.22. The van der Waals surface area contributed by atoms with Crippen molar-refractivity contribution in [1.82, 2.24) is 9.80 Å². The Balaban J connectivity index is 0.000000437. The molecule has 102 valence electrons. The molecule has 17 heavy (non-hydrogen) atoms. The normalized spacial score (nSPS) is 14.9. The topological polar surface area (TPSA) is 26.7 Å². The molecule has 8 heteroatoms. The summed E-state index contributed by atoms with van der Waals surface area (Å²) >= 11 is 0. The molecule has 0 aromatic rings. The van der Waals surface area contributed by atoms with Gasteiger partial charge < -0.3 is 32.2 Å². The van der Waals surface area contributed by atoms with Crippen LogP contribution < -0.4 is 0 Å². The van der Waals surface area contributed by atoms with E-state index in [1.165, 1.54) is 12.8 Å². The minimum absolute atomic E-state index is 0.242. The molecule has 1 rings (SSSR count). The lowest BCUT2D eigenvalue weighted by molar-refractivity contribution is 0.205. The van der Waals surface area contributed by atoms with Crippen molar-refractivity contribution in [3.63, 3.8) is 0 Å². The van der Waals surface area contributed by atoms with E-state index in [-0.39, 0.29) is 6.61 Å². The van der Waals surface area contributed by atoms with Gasteiger partial charge in [0.15, 0.2) is 0 Å². The molecule has 1 aliphatic rings. The molecule has 0 aliphatic carbocycles.